The van der Waals surface area contributed by atoms with Crippen LogP contribution in [0.2, 0.25) is 0 Å². The molecule has 0 aromatic heterocycles. The molecule has 7 nitrogen and oxygen atoms in total. The predicted molar refractivity (Wildman–Crippen MR) is 150 cm³/mol. The maximum Gasteiger partial charge on any atom is 0.338 e. The Kier molecular flexibility index (Phi) is 15.1. The van der Waals surface area contributed by atoms with Crippen molar-refractivity contribution in [3.8, 4) is 0 Å². The van der Waals surface area contributed by atoms with Gasteiger partial charge in [-0.2, -0.15) is 0 Å². The summed E-state index contributed by atoms with van der Waals surface area (Å²) in [5, 5.41) is 9.02. The van der Waals surface area contributed by atoms with Crippen molar-refractivity contribution in [3.05, 3.63) is 65.2 Å². The topological polar surface area (TPSA) is 82.7 Å². The van der Waals surface area contributed by atoms with E-state index in [2.05, 4.69) is 46.8 Å². The molecule has 1 unspecified atom stereocenters. The number of rotatable bonds is 12. The molecule has 0 spiro atoms. The van der Waals surface area contributed by atoms with E-state index in [0.29, 0.717) is 24.4 Å². The van der Waals surface area contributed by atoms with Gasteiger partial charge in [0.25, 0.3) is 0 Å². The molecule has 0 radical (unpaired) electrons. The second-order valence-corrected chi connectivity index (χ2v) is 8.82. The fraction of sp³-hybridized carbons (Fsp3) is 0.481. The summed E-state index contributed by atoms with van der Waals surface area (Å²) in [5.41, 5.74) is 3.41. The highest BCUT2D eigenvalue weighted by molar-refractivity contribution is 5.92. The molecule has 1 atom stereocenters. The molecule has 36 heavy (non-hydrogen) atoms. The van der Waals surface area contributed by atoms with Crippen LogP contribution in [-0.4, -0.2) is 49.2 Å². The normalized spacial score (nSPS) is 14.5. The number of benzene rings is 2. The Balaban J connectivity index is 0.00000324. The van der Waals surface area contributed by atoms with E-state index in [4.69, 9.17) is 4.74 Å². The van der Waals surface area contributed by atoms with E-state index >= 15 is 0 Å². The van der Waals surface area contributed by atoms with Crippen LogP contribution in [0.1, 0.15) is 61.0 Å². The molecule has 200 valence electrons. The van der Waals surface area contributed by atoms with Crippen LogP contribution in [0.4, 0.5) is 10.5 Å². The van der Waals surface area contributed by atoms with Crippen molar-refractivity contribution in [2.24, 2.45) is 0 Å². The summed E-state index contributed by atoms with van der Waals surface area (Å²) in [4.78, 5) is 27.0. The minimum absolute atomic E-state index is 0. The molecule has 0 bridgehead atoms. The van der Waals surface area contributed by atoms with Crippen LogP contribution in [0.3, 0.4) is 0 Å². The fourth-order valence-corrected chi connectivity index (χ4v) is 4.03. The van der Waals surface area contributed by atoms with Gasteiger partial charge >= 0.3 is 12.0 Å². The van der Waals surface area contributed by atoms with Crippen LogP contribution in [0, 0.1) is 0 Å². The average Bonchev–Trinajstić information content (AvgIpc) is 3.38. The van der Waals surface area contributed by atoms with Crippen LogP contribution in [0.25, 0.3) is 0 Å². The van der Waals surface area contributed by atoms with Gasteiger partial charge in [-0.3, -0.25) is 4.90 Å². The van der Waals surface area contributed by atoms with Crippen LogP contribution >= 0.6 is 24.8 Å². The van der Waals surface area contributed by atoms with Gasteiger partial charge in [0.15, 0.2) is 0 Å². The van der Waals surface area contributed by atoms with Gasteiger partial charge < -0.3 is 20.7 Å². The molecule has 1 aliphatic rings. The maximum atomic E-state index is 12.4. The van der Waals surface area contributed by atoms with E-state index in [0.717, 1.165) is 44.6 Å². The molecule has 1 aliphatic heterocycles. The van der Waals surface area contributed by atoms with Crippen molar-refractivity contribution in [1.29, 1.82) is 0 Å². The summed E-state index contributed by atoms with van der Waals surface area (Å²) in [7, 11) is 0. The highest BCUT2D eigenvalue weighted by Gasteiger charge is 2.16. The zero-order valence-electron chi connectivity index (χ0n) is 21.3. The van der Waals surface area contributed by atoms with Crippen molar-refractivity contribution in [3.63, 3.8) is 0 Å². The first-order chi connectivity index (χ1) is 16.6. The number of hydrogen-bond donors (Lipinski definition) is 3. The third kappa shape index (κ3) is 10.7. The van der Waals surface area contributed by atoms with Crippen LogP contribution < -0.4 is 16.0 Å². The Morgan fingerprint density at radius 1 is 1.08 bits per heavy atom. The van der Waals surface area contributed by atoms with Crippen molar-refractivity contribution in [1.82, 2.24) is 15.5 Å². The third-order valence-corrected chi connectivity index (χ3v) is 6.08. The highest BCUT2D eigenvalue weighted by Crippen LogP contribution is 2.13. The highest BCUT2D eigenvalue weighted by atomic mass is 35.5. The molecule has 3 N–H and O–H groups in total. The summed E-state index contributed by atoms with van der Waals surface area (Å²) in [6.07, 6.45) is 4.55. The molecule has 2 aromatic carbocycles. The summed E-state index contributed by atoms with van der Waals surface area (Å²) in [6.45, 7) is 9.26. The lowest BCUT2D eigenvalue weighted by Gasteiger charge is -2.20. The van der Waals surface area contributed by atoms with E-state index in [1.54, 1.807) is 24.3 Å². The van der Waals surface area contributed by atoms with Gasteiger partial charge in [-0.1, -0.05) is 44.5 Å². The van der Waals surface area contributed by atoms with Crippen LogP contribution in [0.15, 0.2) is 48.5 Å². The molecule has 9 heteroatoms. The van der Waals surface area contributed by atoms with E-state index in [9.17, 15) is 9.59 Å². The minimum Gasteiger partial charge on any atom is -0.460 e. The Labute approximate surface area is 227 Å². The summed E-state index contributed by atoms with van der Waals surface area (Å²) >= 11 is 0. The zero-order chi connectivity index (χ0) is 24.2. The number of nitrogens with zero attached hydrogens (tertiary/aromatic N) is 1. The Morgan fingerprint density at radius 2 is 1.83 bits per heavy atom. The monoisotopic (exact) mass is 538 g/mol. The predicted octanol–water partition coefficient (Wildman–Crippen LogP) is 5.38. The second kappa shape index (κ2) is 17.2. The largest absolute Gasteiger partial charge is 0.460 e. The first kappa shape index (κ1) is 31.7. The number of nitrogens with one attached hydrogen (secondary N) is 3. The molecule has 2 amide bonds. The number of esters is 1. The number of ether oxygens (including phenoxy) is 1. The van der Waals surface area contributed by atoms with Crippen molar-refractivity contribution in [2.75, 3.05) is 31.6 Å². The number of anilines is 1. The van der Waals surface area contributed by atoms with Crippen LogP contribution in [-0.2, 0) is 17.8 Å². The second-order valence-electron chi connectivity index (χ2n) is 8.82. The van der Waals surface area contributed by atoms with Gasteiger partial charge in [-0.15, -0.1) is 24.8 Å². The lowest BCUT2D eigenvalue weighted by molar-refractivity contribution is 0.0473. The molecule has 1 heterocycles. The Morgan fingerprint density at radius 3 is 2.50 bits per heavy atom. The maximum absolute atomic E-state index is 12.4. The van der Waals surface area contributed by atoms with E-state index in [1.165, 1.54) is 18.4 Å². The Hall–Kier alpha value is -2.32. The first-order valence-electron chi connectivity index (χ1n) is 12.4. The number of carbonyl (C=O) groups is 2. The minimum atomic E-state index is -0.346. The fourth-order valence-electron chi connectivity index (χ4n) is 4.03. The molecule has 1 fully saturated rings. The van der Waals surface area contributed by atoms with E-state index in [1.807, 2.05) is 12.1 Å². The summed E-state index contributed by atoms with van der Waals surface area (Å²) < 4.78 is 5.38. The molecule has 0 aliphatic carbocycles. The molecule has 1 saturated heterocycles. The number of hydrogen-bond acceptors (Lipinski definition) is 5. The number of urea groups is 1. The molecule has 2 aromatic rings. The first-order valence-corrected chi connectivity index (χ1v) is 12.4. The number of unbranched alkanes of at least 4 members (excludes halogenated alkanes) is 1. The molecular weight excluding hydrogens is 499 g/mol. The third-order valence-electron chi connectivity index (χ3n) is 6.08. The van der Waals surface area contributed by atoms with Gasteiger partial charge in [0.1, 0.15) is 6.61 Å². The van der Waals surface area contributed by atoms with Crippen molar-refractivity contribution in [2.45, 2.75) is 58.7 Å². The number of halogens is 2. The molecule has 0 saturated carbocycles. The van der Waals surface area contributed by atoms with Gasteiger partial charge in [-0.25, -0.2) is 9.59 Å². The van der Waals surface area contributed by atoms with E-state index < -0.39 is 0 Å². The SMILES string of the molecule is CCCCN(CC)Cc1cccc(CNC(=O)Nc2ccc(C(=O)OCC3CCCN3)cc2)c1.Cl.Cl. The van der Waals surface area contributed by atoms with Gasteiger partial charge in [-0.05, 0) is 74.3 Å². The lowest BCUT2D eigenvalue weighted by atomic mass is 10.1. The van der Waals surface area contributed by atoms with Crippen LogP contribution in [0.5, 0.6) is 0 Å². The van der Waals surface area contributed by atoms with Gasteiger partial charge in [0.05, 0.1) is 5.56 Å². The Bertz CT molecular complexity index is 921. The van der Waals surface area contributed by atoms with E-state index in [-0.39, 0.29) is 42.9 Å². The van der Waals surface area contributed by atoms with Gasteiger partial charge in [0.2, 0.25) is 0 Å². The van der Waals surface area contributed by atoms with Crippen molar-refractivity contribution >= 4 is 42.5 Å². The lowest BCUT2D eigenvalue weighted by Crippen LogP contribution is -2.28. The van der Waals surface area contributed by atoms with Gasteiger partial charge in [0, 0.05) is 24.8 Å². The zero-order valence-corrected chi connectivity index (χ0v) is 22.9. The summed E-state index contributed by atoms with van der Waals surface area (Å²) in [6, 6.07) is 15.1. The standard InChI is InChI=1S/C27H38N4O3.2ClH/c1-3-5-16-31(4-2)19-22-9-6-8-21(17-22)18-29-27(33)30-24-13-11-23(12-14-24)26(32)34-20-25-10-7-15-28-25;;/h6,8-9,11-14,17,25,28H,3-5,7,10,15-16,18-20H2,1-2H3,(H2,29,30,33);2*1H. The number of carbonyl (C=O) groups excluding carboxylic acids is 2. The summed E-state index contributed by atoms with van der Waals surface area (Å²) in [5.74, 6) is -0.346. The average molecular weight is 540 g/mol. The number of amides is 2. The molecular formula is C27H40Cl2N4O3. The quantitative estimate of drug-likeness (QED) is 0.316. The smallest absolute Gasteiger partial charge is 0.338 e. The molecule has 3 rings (SSSR count). The van der Waals surface area contributed by atoms with Crippen molar-refractivity contribution < 1.29 is 14.3 Å².